The maximum atomic E-state index is 12.4. The standard InChI is InChI=1S/C15H14F2N2O3/c16-15(17)22-13-5-10(3-4-12(13)14(20)21)11-6-18-19(8-11)7-9-1-2-9/h3-6,8-9,15H,1-2,7H2,(H,20,21). The summed E-state index contributed by atoms with van der Waals surface area (Å²) in [5, 5.41) is 13.2. The first-order valence-electron chi connectivity index (χ1n) is 6.88. The maximum Gasteiger partial charge on any atom is 0.387 e. The zero-order valence-corrected chi connectivity index (χ0v) is 11.6. The number of carboxylic acid groups (broad SMARTS) is 1. The lowest BCUT2D eigenvalue weighted by Crippen LogP contribution is -2.07. The van der Waals surface area contributed by atoms with Crippen LogP contribution in [-0.4, -0.2) is 27.5 Å². The van der Waals surface area contributed by atoms with Gasteiger partial charge in [-0.3, -0.25) is 4.68 Å². The van der Waals surface area contributed by atoms with Crippen molar-refractivity contribution in [2.45, 2.75) is 26.0 Å². The van der Waals surface area contributed by atoms with E-state index in [9.17, 15) is 13.6 Å². The Bertz CT molecular complexity index is 696. The fourth-order valence-corrected chi connectivity index (χ4v) is 2.25. The molecule has 5 nitrogen and oxygen atoms in total. The molecular formula is C15H14F2N2O3. The van der Waals surface area contributed by atoms with E-state index in [4.69, 9.17) is 5.11 Å². The van der Waals surface area contributed by atoms with Crippen molar-refractivity contribution < 1.29 is 23.4 Å². The summed E-state index contributed by atoms with van der Waals surface area (Å²) in [4.78, 5) is 11.0. The Morgan fingerprint density at radius 1 is 1.41 bits per heavy atom. The Balaban J connectivity index is 1.89. The zero-order valence-electron chi connectivity index (χ0n) is 11.6. The Morgan fingerprint density at radius 3 is 2.82 bits per heavy atom. The first-order chi connectivity index (χ1) is 10.5. The molecule has 1 aromatic heterocycles. The highest BCUT2D eigenvalue weighted by Gasteiger charge is 2.22. The minimum Gasteiger partial charge on any atom is -0.478 e. The van der Waals surface area contributed by atoms with Crippen LogP contribution in [0.4, 0.5) is 8.78 Å². The van der Waals surface area contributed by atoms with Gasteiger partial charge in [-0.15, -0.1) is 0 Å². The molecule has 0 amide bonds. The highest BCUT2D eigenvalue weighted by atomic mass is 19.3. The predicted molar refractivity (Wildman–Crippen MR) is 74.0 cm³/mol. The normalized spacial score (nSPS) is 14.3. The Hall–Kier alpha value is -2.44. The zero-order chi connectivity index (χ0) is 15.7. The molecule has 1 saturated carbocycles. The second-order valence-corrected chi connectivity index (χ2v) is 5.29. The number of benzene rings is 1. The van der Waals surface area contributed by atoms with Gasteiger partial charge >= 0.3 is 12.6 Å². The van der Waals surface area contributed by atoms with E-state index in [-0.39, 0.29) is 11.3 Å². The summed E-state index contributed by atoms with van der Waals surface area (Å²) in [6, 6.07) is 4.11. The van der Waals surface area contributed by atoms with Crippen LogP contribution in [0.2, 0.25) is 0 Å². The third-order valence-corrected chi connectivity index (χ3v) is 3.54. The Kier molecular flexibility index (Phi) is 3.79. The monoisotopic (exact) mass is 308 g/mol. The molecule has 116 valence electrons. The fraction of sp³-hybridized carbons (Fsp3) is 0.333. The van der Waals surface area contributed by atoms with E-state index in [1.807, 2.05) is 10.9 Å². The second kappa shape index (κ2) is 5.75. The van der Waals surface area contributed by atoms with Crippen LogP contribution >= 0.6 is 0 Å². The molecule has 0 bridgehead atoms. The molecule has 1 N–H and O–H groups in total. The number of alkyl halides is 2. The average Bonchev–Trinajstić information content (AvgIpc) is 3.13. The SMILES string of the molecule is O=C(O)c1ccc(-c2cnn(CC3CC3)c2)cc1OC(F)F. The van der Waals surface area contributed by atoms with E-state index in [0.29, 0.717) is 11.5 Å². The summed E-state index contributed by atoms with van der Waals surface area (Å²) in [5.74, 6) is -0.999. The second-order valence-electron chi connectivity index (χ2n) is 5.29. The number of rotatable bonds is 6. The molecular weight excluding hydrogens is 294 g/mol. The molecule has 1 heterocycles. The van der Waals surface area contributed by atoms with Gasteiger partial charge in [-0.25, -0.2) is 4.79 Å². The van der Waals surface area contributed by atoms with Gasteiger partial charge in [0.25, 0.3) is 0 Å². The van der Waals surface area contributed by atoms with Crippen molar-refractivity contribution in [2.24, 2.45) is 5.92 Å². The van der Waals surface area contributed by atoms with Crippen molar-refractivity contribution >= 4 is 5.97 Å². The molecule has 2 aromatic rings. The number of carbonyl (C=O) groups is 1. The van der Waals surface area contributed by atoms with Gasteiger partial charge in [0.2, 0.25) is 0 Å². The molecule has 7 heteroatoms. The smallest absolute Gasteiger partial charge is 0.387 e. The van der Waals surface area contributed by atoms with Crippen LogP contribution in [-0.2, 0) is 6.54 Å². The maximum absolute atomic E-state index is 12.4. The van der Waals surface area contributed by atoms with E-state index < -0.39 is 12.6 Å². The highest BCUT2D eigenvalue weighted by molar-refractivity contribution is 5.92. The van der Waals surface area contributed by atoms with Gasteiger partial charge in [-0.2, -0.15) is 13.9 Å². The van der Waals surface area contributed by atoms with Gasteiger partial charge in [0.05, 0.1) is 6.20 Å². The minimum atomic E-state index is -3.08. The molecule has 1 aliphatic rings. The summed E-state index contributed by atoms with van der Waals surface area (Å²) in [6.45, 7) is -2.24. The van der Waals surface area contributed by atoms with Crippen molar-refractivity contribution in [3.63, 3.8) is 0 Å². The topological polar surface area (TPSA) is 64.3 Å². The first-order valence-corrected chi connectivity index (χ1v) is 6.88. The fourth-order valence-electron chi connectivity index (χ4n) is 2.25. The number of nitrogens with zero attached hydrogens (tertiary/aromatic N) is 2. The summed E-state index contributed by atoms with van der Waals surface area (Å²) in [6.07, 6.45) is 5.86. The Labute approximate surface area is 125 Å². The summed E-state index contributed by atoms with van der Waals surface area (Å²) in [5.41, 5.74) is 1.02. The largest absolute Gasteiger partial charge is 0.478 e. The number of hydrogen-bond donors (Lipinski definition) is 1. The lowest BCUT2D eigenvalue weighted by molar-refractivity contribution is -0.0502. The number of hydrogen-bond acceptors (Lipinski definition) is 3. The molecule has 1 aliphatic carbocycles. The van der Waals surface area contributed by atoms with Crippen molar-refractivity contribution in [1.82, 2.24) is 9.78 Å². The first kappa shape index (κ1) is 14.5. The molecule has 1 fully saturated rings. The lowest BCUT2D eigenvalue weighted by Gasteiger charge is -2.09. The van der Waals surface area contributed by atoms with Crippen molar-refractivity contribution in [3.8, 4) is 16.9 Å². The van der Waals surface area contributed by atoms with Gasteiger partial charge in [-0.1, -0.05) is 6.07 Å². The minimum absolute atomic E-state index is 0.297. The van der Waals surface area contributed by atoms with E-state index in [1.54, 1.807) is 12.3 Å². The van der Waals surface area contributed by atoms with Crippen LogP contribution in [0.3, 0.4) is 0 Å². The van der Waals surface area contributed by atoms with Crippen LogP contribution in [0.1, 0.15) is 23.2 Å². The van der Waals surface area contributed by atoms with Crippen LogP contribution in [0, 0.1) is 5.92 Å². The van der Waals surface area contributed by atoms with Gasteiger partial charge in [-0.05, 0) is 36.5 Å². The van der Waals surface area contributed by atoms with Gasteiger partial charge in [0.15, 0.2) is 0 Å². The third kappa shape index (κ3) is 3.24. The summed E-state index contributed by atoms with van der Waals surface area (Å²) < 4.78 is 31.0. The van der Waals surface area contributed by atoms with Crippen molar-refractivity contribution in [2.75, 3.05) is 0 Å². The van der Waals surface area contributed by atoms with Crippen LogP contribution in [0.15, 0.2) is 30.6 Å². The third-order valence-electron chi connectivity index (χ3n) is 3.54. The number of ether oxygens (including phenoxy) is 1. The van der Waals surface area contributed by atoms with E-state index in [2.05, 4.69) is 9.84 Å². The number of aromatic carboxylic acids is 1. The van der Waals surface area contributed by atoms with Gasteiger partial charge in [0.1, 0.15) is 11.3 Å². The summed E-state index contributed by atoms with van der Waals surface area (Å²) in [7, 11) is 0. The van der Waals surface area contributed by atoms with E-state index >= 15 is 0 Å². The van der Waals surface area contributed by atoms with Gasteiger partial charge < -0.3 is 9.84 Å². The molecule has 0 saturated heterocycles. The summed E-state index contributed by atoms with van der Waals surface area (Å²) >= 11 is 0. The van der Waals surface area contributed by atoms with Crippen molar-refractivity contribution in [1.29, 1.82) is 0 Å². The van der Waals surface area contributed by atoms with Gasteiger partial charge in [0, 0.05) is 18.3 Å². The van der Waals surface area contributed by atoms with Crippen LogP contribution in [0.25, 0.3) is 11.1 Å². The molecule has 0 spiro atoms. The molecule has 0 unspecified atom stereocenters. The number of halogens is 2. The highest BCUT2D eigenvalue weighted by Crippen LogP contribution is 2.32. The van der Waals surface area contributed by atoms with Crippen LogP contribution < -0.4 is 4.74 Å². The van der Waals surface area contributed by atoms with E-state index in [1.165, 1.54) is 25.0 Å². The molecule has 0 aliphatic heterocycles. The van der Waals surface area contributed by atoms with E-state index in [0.717, 1.165) is 12.1 Å². The molecule has 0 radical (unpaired) electrons. The Morgan fingerprint density at radius 2 is 2.18 bits per heavy atom. The van der Waals surface area contributed by atoms with Crippen LogP contribution in [0.5, 0.6) is 5.75 Å². The molecule has 1 aromatic carbocycles. The molecule has 0 atom stereocenters. The molecule has 3 rings (SSSR count). The quantitative estimate of drug-likeness (QED) is 0.889. The van der Waals surface area contributed by atoms with Crippen molar-refractivity contribution in [3.05, 3.63) is 36.2 Å². The predicted octanol–water partition coefficient (Wildman–Crippen LogP) is 3.26. The average molecular weight is 308 g/mol. The lowest BCUT2D eigenvalue weighted by atomic mass is 10.1. The molecule has 22 heavy (non-hydrogen) atoms. The number of carboxylic acids is 1. The number of aromatic nitrogens is 2.